The summed E-state index contributed by atoms with van der Waals surface area (Å²) in [6.45, 7) is 2.34. The van der Waals surface area contributed by atoms with Gasteiger partial charge in [-0.15, -0.1) is 0 Å². The zero-order chi connectivity index (χ0) is 17.7. The molecule has 2 heteroatoms. The summed E-state index contributed by atoms with van der Waals surface area (Å²) >= 11 is 0. The van der Waals surface area contributed by atoms with E-state index in [1.165, 1.54) is 36.8 Å². The van der Waals surface area contributed by atoms with Crippen LogP contribution in [0.4, 0.5) is 0 Å². The Labute approximate surface area is 152 Å². The highest BCUT2D eigenvalue weighted by atomic mass is 16.5. The van der Waals surface area contributed by atoms with Crippen LogP contribution in [-0.2, 0) is 10.3 Å². The number of nitrogens with one attached hydrogen (secondary N) is 1. The quantitative estimate of drug-likeness (QED) is 0.732. The third kappa shape index (κ3) is 3.51. The van der Waals surface area contributed by atoms with E-state index in [4.69, 9.17) is 4.74 Å². The molecule has 1 N–H and O–H groups in total. The summed E-state index contributed by atoms with van der Waals surface area (Å²) in [6, 6.07) is 21.8. The minimum absolute atomic E-state index is 0.313. The number of hydrogen-bond donors (Lipinski definition) is 1. The second-order valence-corrected chi connectivity index (χ2v) is 7.39. The number of rotatable bonds is 8. The first-order valence-corrected chi connectivity index (χ1v) is 9.55. The Morgan fingerprint density at radius 3 is 1.88 bits per heavy atom. The summed E-state index contributed by atoms with van der Waals surface area (Å²) < 4.78 is 6.35. The summed E-state index contributed by atoms with van der Waals surface area (Å²) in [5.74, 6) is 1.17. The van der Waals surface area contributed by atoms with E-state index < -0.39 is 5.60 Å². The van der Waals surface area contributed by atoms with Crippen molar-refractivity contribution in [1.82, 2.24) is 5.32 Å². The molecule has 0 radical (unpaired) electrons. The first-order chi connectivity index (χ1) is 12.2. The summed E-state index contributed by atoms with van der Waals surface area (Å²) in [7, 11) is 3.95. The Bertz CT molecular complexity index is 596. The fraction of sp³-hybridized carbons (Fsp3) is 0.478. The second-order valence-electron chi connectivity index (χ2n) is 7.39. The van der Waals surface area contributed by atoms with Crippen molar-refractivity contribution < 1.29 is 4.74 Å². The van der Waals surface area contributed by atoms with Gasteiger partial charge < -0.3 is 10.1 Å². The van der Waals surface area contributed by atoms with Gasteiger partial charge in [0, 0.05) is 19.1 Å². The molecule has 2 atom stereocenters. The van der Waals surface area contributed by atoms with Gasteiger partial charge in [0.25, 0.3) is 0 Å². The molecule has 134 valence electrons. The first-order valence-electron chi connectivity index (χ1n) is 9.55. The molecule has 0 heterocycles. The molecule has 0 amide bonds. The van der Waals surface area contributed by atoms with Gasteiger partial charge in [-0.2, -0.15) is 0 Å². The van der Waals surface area contributed by atoms with Gasteiger partial charge >= 0.3 is 0 Å². The van der Waals surface area contributed by atoms with Crippen LogP contribution in [0.1, 0.15) is 43.7 Å². The van der Waals surface area contributed by atoms with Crippen molar-refractivity contribution in [2.45, 2.75) is 44.2 Å². The minimum atomic E-state index is -0.445. The topological polar surface area (TPSA) is 21.3 Å². The van der Waals surface area contributed by atoms with Crippen molar-refractivity contribution in [3.63, 3.8) is 0 Å². The lowest BCUT2D eigenvalue weighted by molar-refractivity contribution is -0.0393. The largest absolute Gasteiger partial charge is 0.368 e. The minimum Gasteiger partial charge on any atom is -0.368 e. The number of hydrogen-bond acceptors (Lipinski definition) is 2. The molecule has 1 aliphatic carbocycles. The lowest BCUT2D eigenvalue weighted by atomic mass is 9.70. The van der Waals surface area contributed by atoms with Crippen molar-refractivity contribution in [3.8, 4) is 0 Å². The van der Waals surface area contributed by atoms with Gasteiger partial charge in [0.05, 0.1) is 0 Å². The van der Waals surface area contributed by atoms with Crippen molar-refractivity contribution >= 4 is 0 Å². The maximum absolute atomic E-state index is 6.35. The maximum atomic E-state index is 6.35. The predicted molar refractivity (Wildman–Crippen MR) is 105 cm³/mol. The Balaban J connectivity index is 2.03. The van der Waals surface area contributed by atoms with E-state index in [1.807, 2.05) is 7.11 Å². The molecule has 0 aliphatic heterocycles. The van der Waals surface area contributed by atoms with Crippen LogP contribution in [0.3, 0.4) is 0 Å². The van der Waals surface area contributed by atoms with Gasteiger partial charge in [-0.3, -0.25) is 0 Å². The third-order valence-corrected chi connectivity index (χ3v) is 6.15. The molecule has 2 aromatic carbocycles. The van der Waals surface area contributed by atoms with Crippen LogP contribution in [-0.4, -0.2) is 20.2 Å². The van der Waals surface area contributed by atoms with Gasteiger partial charge in [0.1, 0.15) is 5.60 Å². The molecular formula is C23H31NO. The molecule has 2 nitrogen and oxygen atoms in total. The van der Waals surface area contributed by atoms with Crippen LogP contribution in [0.2, 0.25) is 0 Å². The van der Waals surface area contributed by atoms with Crippen molar-refractivity contribution in [1.29, 1.82) is 0 Å². The van der Waals surface area contributed by atoms with Crippen LogP contribution in [0.15, 0.2) is 60.7 Å². The van der Waals surface area contributed by atoms with Gasteiger partial charge in [-0.25, -0.2) is 0 Å². The zero-order valence-electron chi connectivity index (χ0n) is 15.7. The van der Waals surface area contributed by atoms with Gasteiger partial charge in [-0.05, 0) is 30.5 Å². The summed E-state index contributed by atoms with van der Waals surface area (Å²) in [5, 5.41) is 3.60. The van der Waals surface area contributed by atoms with Gasteiger partial charge in [0.15, 0.2) is 0 Å². The fourth-order valence-corrected chi connectivity index (χ4v) is 4.43. The van der Waals surface area contributed by atoms with E-state index in [0.29, 0.717) is 12.0 Å². The van der Waals surface area contributed by atoms with E-state index in [2.05, 4.69) is 80.0 Å². The number of benzene rings is 2. The van der Waals surface area contributed by atoms with Crippen LogP contribution >= 0.6 is 0 Å². The standard InChI is InChI=1S/C23H31NO/c1-18(22(24-2)17-19-11-10-12-19)23(25-3,20-13-6-4-7-14-20)21-15-8-5-9-16-21/h4-9,13-16,18-19,22,24H,10-12,17H2,1-3H3. The number of ether oxygens (including phenoxy) is 1. The SMILES string of the molecule is CNC(CC1CCC1)C(C)C(OC)(c1ccccc1)c1ccccc1. The van der Waals surface area contributed by atoms with E-state index in [-0.39, 0.29) is 0 Å². The molecular weight excluding hydrogens is 306 g/mol. The van der Waals surface area contributed by atoms with Crippen molar-refractivity contribution in [3.05, 3.63) is 71.8 Å². The summed E-state index contributed by atoms with van der Waals surface area (Å²) in [4.78, 5) is 0. The van der Waals surface area contributed by atoms with E-state index in [9.17, 15) is 0 Å². The van der Waals surface area contributed by atoms with E-state index >= 15 is 0 Å². The van der Waals surface area contributed by atoms with Gasteiger partial charge in [-0.1, -0.05) is 86.8 Å². The summed E-state index contributed by atoms with van der Waals surface area (Å²) in [6.07, 6.45) is 5.37. The molecule has 2 unspecified atom stereocenters. The Morgan fingerprint density at radius 1 is 1.00 bits per heavy atom. The van der Waals surface area contributed by atoms with E-state index in [1.54, 1.807) is 0 Å². The monoisotopic (exact) mass is 337 g/mol. The summed E-state index contributed by atoms with van der Waals surface area (Å²) in [5.41, 5.74) is 2.01. The fourth-order valence-electron chi connectivity index (χ4n) is 4.43. The lowest BCUT2D eigenvalue weighted by Crippen LogP contribution is -2.48. The second kappa shape index (κ2) is 8.16. The normalized spacial score (nSPS) is 17.7. The van der Waals surface area contributed by atoms with Crippen LogP contribution in [0.5, 0.6) is 0 Å². The molecule has 0 spiro atoms. The Morgan fingerprint density at radius 2 is 1.52 bits per heavy atom. The van der Waals surface area contributed by atoms with E-state index in [0.717, 1.165) is 5.92 Å². The van der Waals surface area contributed by atoms with Crippen molar-refractivity contribution in [2.24, 2.45) is 11.8 Å². The Kier molecular flexibility index (Phi) is 5.93. The molecule has 2 aromatic rings. The molecule has 0 saturated heterocycles. The van der Waals surface area contributed by atoms with Gasteiger partial charge in [0.2, 0.25) is 0 Å². The zero-order valence-corrected chi connectivity index (χ0v) is 15.7. The molecule has 3 rings (SSSR count). The molecule has 0 bridgehead atoms. The van der Waals surface area contributed by atoms with Crippen LogP contribution < -0.4 is 5.32 Å². The molecule has 25 heavy (non-hydrogen) atoms. The molecule has 1 aliphatic rings. The lowest BCUT2D eigenvalue weighted by Gasteiger charge is -2.44. The van der Waals surface area contributed by atoms with Crippen LogP contribution in [0.25, 0.3) is 0 Å². The molecule has 0 aromatic heterocycles. The average Bonchev–Trinajstić information content (AvgIpc) is 2.64. The smallest absolute Gasteiger partial charge is 0.122 e. The highest BCUT2D eigenvalue weighted by molar-refractivity contribution is 5.38. The van der Waals surface area contributed by atoms with Crippen molar-refractivity contribution in [2.75, 3.05) is 14.2 Å². The van der Waals surface area contributed by atoms with Crippen LogP contribution in [0, 0.1) is 11.8 Å². The third-order valence-electron chi connectivity index (χ3n) is 6.15. The molecule has 1 fully saturated rings. The maximum Gasteiger partial charge on any atom is 0.122 e. The average molecular weight is 338 g/mol. The first kappa shape index (κ1) is 18.2. The Hall–Kier alpha value is -1.64. The molecule has 1 saturated carbocycles. The highest BCUT2D eigenvalue weighted by Crippen LogP contribution is 2.43. The highest BCUT2D eigenvalue weighted by Gasteiger charge is 2.44. The predicted octanol–water partition coefficient (Wildman–Crippen LogP) is 4.99. The number of methoxy groups -OCH3 is 1.